The molecule has 2 amide bonds. The molecule has 1 atom stereocenters. The van der Waals surface area contributed by atoms with E-state index in [0.29, 0.717) is 22.6 Å². The number of nitrogens with one attached hydrogen (secondary N) is 1. The van der Waals surface area contributed by atoms with Crippen LogP contribution >= 0.6 is 15.9 Å². The Kier molecular flexibility index (Phi) is 11.0. The van der Waals surface area contributed by atoms with Crippen molar-refractivity contribution in [2.45, 2.75) is 57.6 Å². The van der Waals surface area contributed by atoms with E-state index in [0.717, 1.165) is 9.87 Å². The van der Waals surface area contributed by atoms with Crippen LogP contribution < -0.4 is 19.1 Å². The molecule has 0 aromatic heterocycles. The van der Waals surface area contributed by atoms with Gasteiger partial charge in [-0.15, -0.1) is 0 Å². The predicted octanol–water partition coefficient (Wildman–Crippen LogP) is 5.38. The third-order valence-corrected chi connectivity index (χ3v) is 8.59. The minimum atomic E-state index is -4.18. The van der Waals surface area contributed by atoms with Gasteiger partial charge >= 0.3 is 0 Å². The summed E-state index contributed by atoms with van der Waals surface area (Å²) in [5, 5.41) is 2.92. The molecule has 0 bridgehead atoms. The average molecular weight is 661 g/mol. The highest BCUT2D eigenvalue weighted by Gasteiger charge is 2.33. The van der Waals surface area contributed by atoms with E-state index < -0.39 is 34.1 Å². The standard InChI is InChI=1S/C31H38BrN3O6S/c1-7-41-26-15-13-25(14-16-26)35(42(38,39)28-17-11-24(32)12-18-28)21-29(36)34(22(2)30(37)33-31(3,4)5)20-23-9-8-10-27(19-23)40-6/h8-19,22H,7,20-21H2,1-6H3,(H,33,37)/t22-/m0/s1. The number of carbonyl (C=O) groups excluding carboxylic acids is 2. The van der Waals surface area contributed by atoms with Gasteiger partial charge in [0.25, 0.3) is 10.0 Å². The molecule has 3 aromatic rings. The lowest BCUT2D eigenvalue weighted by molar-refractivity contribution is -0.140. The maximum atomic E-state index is 14.1. The second kappa shape index (κ2) is 14.1. The smallest absolute Gasteiger partial charge is 0.264 e. The van der Waals surface area contributed by atoms with Crippen molar-refractivity contribution in [3.63, 3.8) is 0 Å². The number of hydrogen-bond acceptors (Lipinski definition) is 6. The fourth-order valence-corrected chi connectivity index (χ4v) is 5.84. The van der Waals surface area contributed by atoms with Crippen molar-refractivity contribution in [3.05, 3.63) is 82.8 Å². The van der Waals surface area contributed by atoms with E-state index in [2.05, 4.69) is 21.2 Å². The Morgan fingerprint density at radius 1 is 0.976 bits per heavy atom. The van der Waals surface area contributed by atoms with Crippen molar-refractivity contribution in [2.24, 2.45) is 0 Å². The summed E-state index contributed by atoms with van der Waals surface area (Å²) in [6.07, 6.45) is 0. The van der Waals surface area contributed by atoms with Crippen LogP contribution in [-0.4, -0.2) is 57.0 Å². The normalized spacial score (nSPS) is 12.3. The highest BCUT2D eigenvalue weighted by molar-refractivity contribution is 9.10. The summed E-state index contributed by atoms with van der Waals surface area (Å²) in [4.78, 5) is 28.7. The summed E-state index contributed by atoms with van der Waals surface area (Å²) >= 11 is 3.34. The Bertz CT molecular complexity index is 1470. The maximum Gasteiger partial charge on any atom is 0.264 e. The summed E-state index contributed by atoms with van der Waals surface area (Å²) in [5.74, 6) is 0.257. The number of ether oxygens (including phenoxy) is 2. The molecule has 0 saturated heterocycles. The second-order valence-electron chi connectivity index (χ2n) is 10.7. The quantitative estimate of drug-likeness (QED) is 0.280. The van der Waals surface area contributed by atoms with Crippen molar-refractivity contribution in [1.82, 2.24) is 10.2 Å². The van der Waals surface area contributed by atoms with Gasteiger partial charge in [0, 0.05) is 16.6 Å². The van der Waals surface area contributed by atoms with Gasteiger partial charge in [0.15, 0.2) is 0 Å². The van der Waals surface area contributed by atoms with Gasteiger partial charge < -0.3 is 19.7 Å². The minimum absolute atomic E-state index is 0.0188. The number of amides is 2. The number of nitrogens with zero attached hydrogens (tertiary/aromatic N) is 2. The zero-order chi connectivity index (χ0) is 31.1. The predicted molar refractivity (Wildman–Crippen MR) is 167 cm³/mol. The lowest BCUT2D eigenvalue weighted by Crippen LogP contribution is -2.54. The summed E-state index contributed by atoms with van der Waals surface area (Å²) in [5.41, 5.74) is 0.472. The van der Waals surface area contributed by atoms with E-state index >= 15 is 0 Å². The first kappa shape index (κ1) is 32.9. The molecule has 0 unspecified atom stereocenters. The molecule has 42 heavy (non-hydrogen) atoms. The lowest BCUT2D eigenvalue weighted by atomic mass is 10.1. The molecule has 0 aliphatic carbocycles. The highest BCUT2D eigenvalue weighted by Crippen LogP contribution is 2.27. The van der Waals surface area contributed by atoms with Crippen molar-refractivity contribution in [1.29, 1.82) is 0 Å². The Balaban J connectivity index is 2.05. The number of hydrogen-bond donors (Lipinski definition) is 1. The SMILES string of the molecule is CCOc1ccc(N(CC(=O)N(Cc2cccc(OC)c2)[C@@H](C)C(=O)NC(C)(C)C)S(=O)(=O)c2ccc(Br)cc2)cc1. The number of anilines is 1. The number of carbonyl (C=O) groups is 2. The van der Waals surface area contributed by atoms with E-state index in [1.54, 1.807) is 68.6 Å². The summed E-state index contributed by atoms with van der Waals surface area (Å²) in [6.45, 7) is 9.01. The average Bonchev–Trinajstić information content (AvgIpc) is 2.94. The maximum absolute atomic E-state index is 14.1. The van der Waals surface area contributed by atoms with Crippen molar-refractivity contribution < 1.29 is 27.5 Å². The first-order valence-electron chi connectivity index (χ1n) is 13.5. The second-order valence-corrected chi connectivity index (χ2v) is 13.5. The van der Waals surface area contributed by atoms with Gasteiger partial charge in [-0.25, -0.2) is 8.42 Å². The molecule has 0 radical (unpaired) electrons. The molecular weight excluding hydrogens is 622 g/mol. The van der Waals surface area contributed by atoms with Crippen LogP contribution in [0, 0.1) is 0 Å². The van der Waals surface area contributed by atoms with Gasteiger partial charge in [0.1, 0.15) is 24.1 Å². The molecule has 11 heteroatoms. The van der Waals surface area contributed by atoms with E-state index in [4.69, 9.17) is 9.47 Å². The fraction of sp³-hybridized carbons (Fsp3) is 0.355. The molecule has 0 saturated carbocycles. The zero-order valence-corrected chi connectivity index (χ0v) is 27.2. The lowest BCUT2D eigenvalue weighted by Gasteiger charge is -2.33. The van der Waals surface area contributed by atoms with Crippen LogP contribution in [0.5, 0.6) is 11.5 Å². The van der Waals surface area contributed by atoms with E-state index in [-0.39, 0.29) is 23.0 Å². The monoisotopic (exact) mass is 659 g/mol. The first-order valence-corrected chi connectivity index (χ1v) is 15.7. The summed E-state index contributed by atoms with van der Waals surface area (Å²) < 4.78 is 40.6. The number of rotatable bonds is 12. The Morgan fingerprint density at radius 3 is 2.19 bits per heavy atom. The van der Waals surface area contributed by atoms with E-state index in [9.17, 15) is 18.0 Å². The highest BCUT2D eigenvalue weighted by atomic mass is 79.9. The molecule has 0 spiro atoms. The molecule has 0 aliphatic rings. The number of methoxy groups -OCH3 is 1. The van der Waals surface area contributed by atoms with Gasteiger partial charge in [-0.05, 0) is 101 Å². The van der Waals surface area contributed by atoms with Crippen LogP contribution in [-0.2, 0) is 26.2 Å². The van der Waals surface area contributed by atoms with Crippen molar-refractivity contribution in [2.75, 3.05) is 24.6 Å². The zero-order valence-electron chi connectivity index (χ0n) is 24.8. The van der Waals surface area contributed by atoms with Crippen LogP contribution in [0.4, 0.5) is 5.69 Å². The van der Waals surface area contributed by atoms with E-state index in [1.807, 2.05) is 33.8 Å². The van der Waals surface area contributed by atoms with Gasteiger partial charge in [0.05, 0.1) is 24.3 Å². The van der Waals surface area contributed by atoms with Crippen LogP contribution in [0.25, 0.3) is 0 Å². The molecule has 3 aromatic carbocycles. The Hall–Kier alpha value is -3.57. The van der Waals surface area contributed by atoms with Crippen LogP contribution in [0.1, 0.15) is 40.2 Å². The number of sulfonamides is 1. The van der Waals surface area contributed by atoms with Gasteiger partial charge in [-0.3, -0.25) is 13.9 Å². The van der Waals surface area contributed by atoms with Crippen LogP contribution in [0.15, 0.2) is 82.2 Å². The number of halogens is 1. The van der Waals surface area contributed by atoms with Crippen molar-refractivity contribution >= 4 is 43.5 Å². The molecular formula is C31H38BrN3O6S. The third kappa shape index (κ3) is 8.72. The fourth-order valence-electron chi connectivity index (χ4n) is 4.16. The van der Waals surface area contributed by atoms with Crippen LogP contribution in [0.2, 0.25) is 0 Å². The van der Waals surface area contributed by atoms with E-state index in [1.165, 1.54) is 17.0 Å². The summed E-state index contributed by atoms with van der Waals surface area (Å²) in [6, 6.07) is 19.0. The largest absolute Gasteiger partial charge is 0.497 e. The molecule has 226 valence electrons. The summed E-state index contributed by atoms with van der Waals surface area (Å²) in [7, 11) is -2.63. The molecule has 9 nitrogen and oxygen atoms in total. The van der Waals surface area contributed by atoms with Gasteiger partial charge in [-0.2, -0.15) is 0 Å². The molecule has 0 fully saturated rings. The molecule has 0 aliphatic heterocycles. The molecule has 3 rings (SSSR count). The van der Waals surface area contributed by atoms with Crippen molar-refractivity contribution in [3.8, 4) is 11.5 Å². The Morgan fingerprint density at radius 2 is 1.62 bits per heavy atom. The Labute approximate surface area is 257 Å². The van der Waals surface area contributed by atoms with Gasteiger partial charge in [-0.1, -0.05) is 28.1 Å². The number of benzene rings is 3. The third-order valence-electron chi connectivity index (χ3n) is 6.27. The topological polar surface area (TPSA) is 105 Å². The molecule has 1 N–H and O–H groups in total. The molecule has 0 heterocycles. The minimum Gasteiger partial charge on any atom is -0.497 e. The van der Waals surface area contributed by atoms with Crippen LogP contribution in [0.3, 0.4) is 0 Å². The van der Waals surface area contributed by atoms with Gasteiger partial charge in [0.2, 0.25) is 11.8 Å². The first-order chi connectivity index (χ1) is 19.7.